The Balaban J connectivity index is 2.42. The largest absolute Gasteiger partial charge is 0.726 e. The molecule has 0 spiro atoms. The van der Waals surface area contributed by atoms with Crippen molar-refractivity contribution in [3.63, 3.8) is 0 Å². The van der Waals surface area contributed by atoms with E-state index in [2.05, 4.69) is 21.2 Å². The molecule has 0 aliphatic carbocycles. The van der Waals surface area contributed by atoms with Crippen molar-refractivity contribution >= 4 is 16.3 Å². The summed E-state index contributed by atoms with van der Waals surface area (Å²) in [6.07, 6.45) is 4.85. The molecule has 8 nitrogen and oxygen atoms in total. The highest BCUT2D eigenvalue weighted by Crippen LogP contribution is 1.93. The molecule has 1 N–H and O–H groups in total. The molecule has 0 fully saturated rings. The summed E-state index contributed by atoms with van der Waals surface area (Å²) in [6, 6.07) is 1.58. The lowest BCUT2D eigenvalue weighted by atomic mass is 10.3. The number of carbonyl (C=O) groups excluding carboxylic acids is 1. The van der Waals surface area contributed by atoms with E-state index in [4.69, 9.17) is 0 Å². The molecule has 0 unspecified atom stereocenters. The molecule has 0 bridgehead atoms. The Bertz CT molecular complexity index is 556. The van der Waals surface area contributed by atoms with E-state index in [1.54, 1.807) is 18.3 Å². The number of aromatic nitrogens is 2. The number of aryl methyl sites for hydroxylation is 1. The van der Waals surface area contributed by atoms with Crippen LogP contribution >= 0.6 is 0 Å². The van der Waals surface area contributed by atoms with Gasteiger partial charge >= 0.3 is 0 Å². The lowest BCUT2D eigenvalue weighted by molar-refractivity contribution is -0.754. The zero-order chi connectivity index (χ0) is 15.0. The van der Waals surface area contributed by atoms with Crippen LogP contribution < -0.4 is 10.00 Å². The predicted octanol–water partition coefficient (Wildman–Crippen LogP) is -0.848. The van der Waals surface area contributed by atoms with Crippen molar-refractivity contribution in [1.82, 2.24) is 10.4 Å². The Labute approximate surface area is 117 Å². The van der Waals surface area contributed by atoms with Crippen molar-refractivity contribution in [2.24, 2.45) is 0 Å². The SMILES string of the molecule is C=CCNC(=O)c1cc[n+](CCCOS(=O)(=O)[O-])nc1. The maximum atomic E-state index is 11.6. The van der Waals surface area contributed by atoms with Crippen LogP contribution in [-0.2, 0) is 21.1 Å². The third-order valence-electron chi connectivity index (χ3n) is 2.20. The summed E-state index contributed by atoms with van der Waals surface area (Å²) in [6.45, 7) is 4.02. The molecule has 1 aromatic rings. The maximum absolute atomic E-state index is 11.6. The zero-order valence-corrected chi connectivity index (χ0v) is 11.5. The van der Waals surface area contributed by atoms with Gasteiger partial charge in [0, 0.05) is 19.0 Å². The number of hydrogen-bond acceptors (Lipinski definition) is 6. The highest BCUT2D eigenvalue weighted by atomic mass is 32.3. The monoisotopic (exact) mass is 301 g/mol. The van der Waals surface area contributed by atoms with Gasteiger partial charge in [-0.2, -0.15) is 0 Å². The molecule has 1 heterocycles. The molecule has 0 radical (unpaired) electrons. The second kappa shape index (κ2) is 7.68. The van der Waals surface area contributed by atoms with E-state index in [-0.39, 0.29) is 12.5 Å². The van der Waals surface area contributed by atoms with Gasteiger partial charge in [-0.1, -0.05) is 10.8 Å². The summed E-state index contributed by atoms with van der Waals surface area (Å²) in [7, 11) is -4.65. The van der Waals surface area contributed by atoms with Gasteiger partial charge in [-0.25, -0.2) is 8.42 Å². The highest BCUT2D eigenvalue weighted by Gasteiger charge is 2.08. The first-order chi connectivity index (χ1) is 9.42. The van der Waals surface area contributed by atoms with Crippen LogP contribution in [0.15, 0.2) is 31.1 Å². The first-order valence-electron chi connectivity index (χ1n) is 5.77. The lowest BCUT2D eigenvalue weighted by Gasteiger charge is -2.05. The van der Waals surface area contributed by atoms with Crippen LogP contribution in [0.4, 0.5) is 0 Å². The zero-order valence-electron chi connectivity index (χ0n) is 10.7. The minimum atomic E-state index is -4.65. The van der Waals surface area contributed by atoms with Crippen LogP contribution in [0.5, 0.6) is 0 Å². The van der Waals surface area contributed by atoms with E-state index in [9.17, 15) is 17.8 Å². The van der Waals surface area contributed by atoms with Crippen molar-refractivity contribution in [3.8, 4) is 0 Å². The molecule has 0 aromatic carbocycles. The normalized spacial score (nSPS) is 11.1. The first-order valence-corrected chi connectivity index (χ1v) is 7.11. The molecule has 1 amide bonds. The number of nitrogens with one attached hydrogen (secondary N) is 1. The summed E-state index contributed by atoms with van der Waals surface area (Å²) in [5.74, 6) is -0.259. The Morgan fingerprint density at radius 3 is 2.90 bits per heavy atom. The Morgan fingerprint density at radius 1 is 1.60 bits per heavy atom. The van der Waals surface area contributed by atoms with E-state index in [0.717, 1.165) is 0 Å². The van der Waals surface area contributed by atoms with Gasteiger partial charge in [0.2, 0.25) is 10.4 Å². The van der Waals surface area contributed by atoms with Crippen LogP contribution in [0.25, 0.3) is 0 Å². The van der Waals surface area contributed by atoms with Crippen LogP contribution in [0.3, 0.4) is 0 Å². The number of amides is 1. The first kappa shape index (κ1) is 16.2. The molecule has 20 heavy (non-hydrogen) atoms. The molecule has 1 aromatic heterocycles. The van der Waals surface area contributed by atoms with Gasteiger partial charge in [0.05, 0.1) is 12.2 Å². The Kier molecular flexibility index (Phi) is 6.22. The van der Waals surface area contributed by atoms with Crippen molar-refractivity contribution in [2.75, 3.05) is 13.2 Å². The van der Waals surface area contributed by atoms with Crippen LogP contribution in [0, 0.1) is 0 Å². The van der Waals surface area contributed by atoms with Gasteiger partial charge in [0.25, 0.3) is 5.91 Å². The summed E-state index contributed by atoms with van der Waals surface area (Å²) in [4.78, 5) is 11.6. The second-order valence-electron chi connectivity index (χ2n) is 3.76. The molecular weight excluding hydrogens is 286 g/mol. The van der Waals surface area contributed by atoms with E-state index in [1.165, 1.54) is 10.9 Å². The van der Waals surface area contributed by atoms with Crippen LogP contribution in [0.1, 0.15) is 16.8 Å². The standard InChI is InChI=1S/C11H15N3O5S/c1-2-5-12-11(15)10-4-7-14(13-9-10)6-3-8-19-20(16,17)18/h2,4,7,9H,1,3,5-6,8H2,(H-,12,15,16,17,18). The van der Waals surface area contributed by atoms with Crippen molar-refractivity contribution in [1.29, 1.82) is 0 Å². The van der Waals surface area contributed by atoms with Gasteiger partial charge < -0.3 is 9.87 Å². The minimum Gasteiger partial charge on any atom is -0.726 e. The van der Waals surface area contributed by atoms with Crippen LogP contribution in [0.2, 0.25) is 0 Å². The summed E-state index contributed by atoms with van der Waals surface area (Å²) < 4.78 is 36.2. The average Bonchev–Trinajstić information content (AvgIpc) is 2.40. The summed E-state index contributed by atoms with van der Waals surface area (Å²) in [5, 5.41) is 6.60. The average molecular weight is 301 g/mol. The van der Waals surface area contributed by atoms with Gasteiger partial charge in [-0.15, -0.1) is 6.58 Å². The predicted molar refractivity (Wildman–Crippen MR) is 67.2 cm³/mol. The third-order valence-corrected chi connectivity index (χ3v) is 2.66. The van der Waals surface area contributed by atoms with Gasteiger partial charge in [0.15, 0.2) is 12.7 Å². The molecule has 0 atom stereocenters. The number of hydrogen-bond donors (Lipinski definition) is 1. The smallest absolute Gasteiger partial charge is 0.253 e. The lowest BCUT2D eigenvalue weighted by Crippen LogP contribution is -2.38. The molecule has 0 saturated heterocycles. The van der Waals surface area contributed by atoms with Gasteiger partial charge in [-0.3, -0.25) is 8.98 Å². The molecule has 1 rings (SSSR count). The topological polar surface area (TPSA) is 112 Å². The fraction of sp³-hybridized carbons (Fsp3) is 0.364. The molecule has 110 valence electrons. The number of carbonyl (C=O) groups is 1. The number of rotatable bonds is 8. The molecule has 0 aliphatic heterocycles. The highest BCUT2D eigenvalue weighted by molar-refractivity contribution is 7.80. The van der Waals surface area contributed by atoms with E-state index in [1.807, 2.05) is 0 Å². The molecular formula is C11H15N3O5S. The van der Waals surface area contributed by atoms with Gasteiger partial charge in [-0.05, 0) is 5.10 Å². The van der Waals surface area contributed by atoms with Crippen molar-refractivity contribution < 1.29 is 26.6 Å². The second-order valence-corrected chi connectivity index (χ2v) is 4.81. The fourth-order valence-corrected chi connectivity index (χ4v) is 1.63. The Hall–Kier alpha value is -1.84. The summed E-state index contributed by atoms with van der Waals surface area (Å²) >= 11 is 0. The molecule has 9 heteroatoms. The molecule has 0 saturated carbocycles. The minimum absolute atomic E-state index is 0.206. The van der Waals surface area contributed by atoms with E-state index >= 15 is 0 Å². The molecule has 0 aliphatic rings. The number of nitrogens with zero attached hydrogens (tertiary/aromatic N) is 2. The van der Waals surface area contributed by atoms with Crippen molar-refractivity contribution in [3.05, 3.63) is 36.7 Å². The quantitative estimate of drug-likeness (QED) is 0.220. The van der Waals surface area contributed by atoms with Crippen LogP contribution in [-0.4, -0.2) is 37.1 Å². The summed E-state index contributed by atoms with van der Waals surface area (Å²) in [5.41, 5.74) is 0.404. The third kappa shape index (κ3) is 6.36. The van der Waals surface area contributed by atoms with E-state index < -0.39 is 10.4 Å². The van der Waals surface area contributed by atoms with Gasteiger partial charge in [0.1, 0.15) is 6.20 Å². The van der Waals surface area contributed by atoms with Crippen molar-refractivity contribution in [2.45, 2.75) is 13.0 Å². The Morgan fingerprint density at radius 2 is 2.35 bits per heavy atom. The fourth-order valence-electron chi connectivity index (χ4n) is 1.31. The maximum Gasteiger partial charge on any atom is 0.253 e. The van der Waals surface area contributed by atoms with E-state index in [0.29, 0.717) is 25.1 Å².